The average Bonchev–Trinajstić information content (AvgIpc) is 3.24. The molecule has 1 heterocycles. The van der Waals surface area contributed by atoms with E-state index in [1.54, 1.807) is 34.9 Å². The van der Waals surface area contributed by atoms with Crippen molar-refractivity contribution in [1.29, 1.82) is 0 Å². The van der Waals surface area contributed by atoms with Crippen LogP contribution in [0.2, 0.25) is 0 Å². The molecule has 2 atom stereocenters. The van der Waals surface area contributed by atoms with Crippen molar-refractivity contribution in [1.82, 2.24) is 4.90 Å². The zero-order chi connectivity index (χ0) is 21.5. The Kier molecular flexibility index (Phi) is 7.63. The topological polar surface area (TPSA) is 65.1 Å². The molecule has 2 aromatic carbocycles. The molecule has 2 unspecified atom stereocenters. The van der Waals surface area contributed by atoms with Crippen LogP contribution in [0.5, 0.6) is 11.5 Å². The van der Waals surface area contributed by atoms with Crippen LogP contribution in [0, 0.1) is 0 Å². The highest BCUT2D eigenvalue weighted by molar-refractivity contribution is 7.99. The van der Waals surface area contributed by atoms with Gasteiger partial charge in [0.05, 0.1) is 20.8 Å². The summed E-state index contributed by atoms with van der Waals surface area (Å²) in [6, 6.07) is 14.1. The number of hydrogen-bond acceptors (Lipinski definition) is 6. The predicted octanol–water partition coefficient (Wildman–Crippen LogP) is 4.30. The van der Waals surface area contributed by atoms with Gasteiger partial charge in [-0.25, -0.2) is 4.79 Å². The number of benzene rings is 2. The normalized spacial score (nSPS) is 18.2. The summed E-state index contributed by atoms with van der Waals surface area (Å²) in [6.45, 7) is 2.40. The molecule has 30 heavy (non-hydrogen) atoms. The lowest BCUT2D eigenvalue weighted by Gasteiger charge is -2.29. The number of carbonyl (C=O) groups is 2. The van der Waals surface area contributed by atoms with Gasteiger partial charge in [-0.2, -0.15) is 0 Å². The van der Waals surface area contributed by atoms with Crippen LogP contribution in [-0.4, -0.2) is 49.4 Å². The van der Waals surface area contributed by atoms with Gasteiger partial charge in [0, 0.05) is 17.4 Å². The van der Waals surface area contributed by atoms with E-state index in [2.05, 4.69) is 0 Å². The molecule has 0 N–H and O–H groups in total. The second-order valence-corrected chi connectivity index (χ2v) is 8.06. The lowest BCUT2D eigenvalue weighted by molar-refractivity contribution is -0.148. The Morgan fingerprint density at radius 3 is 2.33 bits per heavy atom. The Bertz CT molecular complexity index is 851. The van der Waals surface area contributed by atoms with Crippen LogP contribution in [-0.2, 0) is 9.53 Å². The number of methoxy groups -OCH3 is 2. The van der Waals surface area contributed by atoms with E-state index < -0.39 is 6.04 Å². The molecule has 2 aromatic rings. The van der Waals surface area contributed by atoms with Crippen molar-refractivity contribution >= 4 is 23.6 Å². The maximum Gasteiger partial charge on any atom is 0.329 e. The molecule has 3 rings (SSSR count). The van der Waals surface area contributed by atoms with Gasteiger partial charge in [-0.3, -0.25) is 4.79 Å². The summed E-state index contributed by atoms with van der Waals surface area (Å²) in [5.74, 6) is 0.893. The molecule has 1 amide bonds. The molecule has 1 aliphatic heterocycles. The molecule has 1 fully saturated rings. The lowest BCUT2D eigenvalue weighted by atomic mass is 10.1. The summed E-state index contributed by atoms with van der Waals surface area (Å²) in [4.78, 5) is 28.0. The van der Waals surface area contributed by atoms with Crippen LogP contribution in [0.1, 0.15) is 41.1 Å². The molecule has 0 saturated carbocycles. The number of rotatable bonds is 8. The number of nitrogens with zero attached hydrogens (tertiary/aromatic N) is 1. The third-order valence-electron chi connectivity index (χ3n) is 4.93. The van der Waals surface area contributed by atoms with Crippen LogP contribution >= 0.6 is 11.8 Å². The molecule has 1 saturated heterocycles. The van der Waals surface area contributed by atoms with E-state index in [0.29, 0.717) is 29.4 Å². The number of amides is 1. The Balaban J connectivity index is 1.95. The number of hydrogen-bond donors (Lipinski definition) is 0. The Morgan fingerprint density at radius 1 is 1.07 bits per heavy atom. The van der Waals surface area contributed by atoms with Crippen LogP contribution in [0.4, 0.5) is 0 Å². The first kappa shape index (κ1) is 22.0. The Hall–Kier alpha value is -2.67. The molecule has 6 nitrogen and oxygen atoms in total. The van der Waals surface area contributed by atoms with Crippen molar-refractivity contribution in [3.8, 4) is 11.5 Å². The van der Waals surface area contributed by atoms with Crippen LogP contribution in [0.3, 0.4) is 0 Å². The number of thioether (sulfide) groups is 1. The van der Waals surface area contributed by atoms with Gasteiger partial charge in [0.15, 0.2) is 0 Å². The first-order valence-electron chi connectivity index (χ1n) is 9.98. The monoisotopic (exact) mass is 429 g/mol. The summed E-state index contributed by atoms with van der Waals surface area (Å²) >= 11 is 1.56. The van der Waals surface area contributed by atoms with Gasteiger partial charge >= 0.3 is 5.97 Å². The molecule has 1 aliphatic rings. The fourth-order valence-electron chi connectivity index (χ4n) is 3.30. The Morgan fingerprint density at radius 2 is 1.73 bits per heavy atom. The number of carbonyl (C=O) groups excluding carboxylic acids is 2. The number of esters is 1. The highest BCUT2D eigenvalue weighted by Gasteiger charge is 2.43. The van der Waals surface area contributed by atoms with E-state index in [1.807, 2.05) is 37.3 Å². The molecular weight excluding hydrogens is 402 g/mol. The van der Waals surface area contributed by atoms with Crippen molar-refractivity contribution in [3.63, 3.8) is 0 Å². The second kappa shape index (κ2) is 10.4. The molecule has 0 aromatic heterocycles. The van der Waals surface area contributed by atoms with Crippen molar-refractivity contribution in [2.24, 2.45) is 0 Å². The molecule has 0 aliphatic carbocycles. The van der Waals surface area contributed by atoms with Crippen molar-refractivity contribution in [2.45, 2.75) is 31.2 Å². The van der Waals surface area contributed by atoms with Crippen molar-refractivity contribution in [2.75, 3.05) is 26.6 Å². The summed E-state index contributed by atoms with van der Waals surface area (Å²) in [6.07, 6.45) is 1.74. The fourth-order valence-corrected chi connectivity index (χ4v) is 4.72. The van der Waals surface area contributed by atoms with Gasteiger partial charge in [-0.05, 0) is 24.1 Å². The minimum Gasteiger partial charge on any atom is -0.497 e. The molecule has 0 bridgehead atoms. The van der Waals surface area contributed by atoms with E-state index in [0.717, 1.165) is 18.4 Å². The number of ether oxygens (including phenoxy) is 3. The predicted molar refractivity (Wildman–Crippen MR) is 117 cm³/mol. The maximum atomic E-state index is 13.6. The quantitative estimate of drug-likeness (QED) is 0.460. The van der Waals surface area contributed by atoms with Crippen LogP contribution in [0.15, 0.2) is 48.5 Å². The van der Waals surface area contributed by atoms with E-state index in [-0.39, 0.29) is 17.3 Å². The van der Waals surface area contributed by atoms with E-state index >= 15 is 0 Å². The van der Waals surface area contributed by atoms with E-state index in [9.17, 15) is 9.59 Å². The Labute approximate surface area is 181 Å². The highest BCUT2D eigenvalue weighted by atomic mass is 32.2. The highest BCUT2D eigenvalue weighted by Crippen LogP contribution is 2.43. The minimum absolute atomic E-state index is 0.261. The third kappa shape index (κ3) is 4.90. The standard InChI is InChI=1S/C23H27NO5S/c1-4-5-11-29-23(26)20-15-30-22(16-9-7-6-8-10-16)24(20)21(25)17-12-18(27-2)14-19(13-17)28-3/h6-10,12-14,20,22H,4-5,11,15H2,1-3H3. The smallest absolute Gasteiger partial charge is 0.329 e. The zero-order valence-corrected chi connectivity index (χ0v) is 18.3. The fraction of sp³-hybridized carbons (Fsp3) is 0.391. The summed E-state index contributed by atoms with van der Waals surface area (Å²) in [5.41, 5.74) is 1.37. The molecule has 0 radical (unpaired) electrons. The molecule has 160 valence electrons. The maximum absolute atomic E-state index is 13.6. The van der Waals surface area contributed by atoms with E-state index in [1.165, 1.54) is 14.2 Å². The first-order chi connectivity index (χ1) is 14.6. The summed E-state index contributed by atoms with van der Waals surface area (Å²) in [5, 5.41) is -0.278. The van der Waals surface area contributed by atoms with Gasteiger partial charge in [0.2, 0.25) is 0 Å². The average molecular weight is 430 g/mol. The molecule has 0 spiro atoms. The third-order valence-corrected chi connectivity index (χ3v) is 6.26. The zero-order valence-electron chi connectivity index (χ0n) is 17.5. The minimum atomic E-state index is -0.651. The van der Waals surface area contributed by atoms with Gasteiger partial charge in [0.25, 0.3) is 5.91 Å². The molecular formula is C23H27NO5S. The lowest BCUT2D eigenvalue weighted by Crippen LogP contribution is -2.44. The van der Waals surface area contributed by atoms with Crippen LogP contribution < -0.4 is 9.47 Å². The SMILES string of the molecule is CCCCOC(=O)C1CSC(c2ccccc2)N1C(=O)c1cc(OC)cc(OC)c1. The van der Waals surface area contributed by atoms with Gasteiger partial charge in [-0.1, -0.05) is 43.7 Å². The number of unbranched alkanes of at least 4 members (excludes halogenated alkanes) is 1. The summed E-state index contributed by atoms with van der Waals surface area (Å²) in [7, 11) is 3.07. The largest absolute Gasteiger partial charge is 0.497 e. The van der Waals surface area contributed by atoms with Crippen molar-refractivity contribution < 1.29 is 23.8 Å². The summed E-state index contributed by atoms with van der Waals surface area (Å²) < 4.78 is 16.1. The van der Waals surface area contributed by atoms with Gasteiger partial charge < -0.3 is 19.1 Å². The van der Waals surface area contributed by atoms with Gasteiger partial charge in [0.1, 0.15) is 22.9 Å². The first-order valence-corrected chi connectivity index (χ1v) is 11.0. The second-order valence-electron chi connectivity index (χ2n) is 6.95. The van der Waals surface area contributed by atoms with Gasteiger partial charge in [-0.15, -0.1) is 11.8 Å². The van der Waals surface area contributed by atoms with Crippen molar-refractivity contribution in [3.05, 3.63) is 59.7 Å². The van der Waals surface area contributed by atoms with Crippen LogP contribution in [0.25, 0.3) is 0 Å². The molecule has 7 heteroatoms. The van der Waals surface area contributed by atoms with E-state index in [4.69, 9.17) is 14.2 Å².